The molecule has 2 bridgehead atoms. The Hall–Kier alpha value is -0.610. The summed E-state index contributed by atoms with van der Waals surface area (Å²) in [5.74, 6) is 2.63. The molecule has 1 amide bonds. The van der Waals surface area contributed by atoms with E-state index >= 15 is 0 Å². The van der Waals surface area contributed by atoms with E-state index in [0.717, 1.165) is 32.1 Å². The van der Waals surface area contributed by atoms with Gasteiger partial charge in [0.2, 0.25) is 5.91 Å². The zero-order valence-corrected chi connectivity index (χ0v) is 14.5. The fraction of sp³-hybridized carbons (Fsp3) is 0.947. The summed E-state index contributed by atoms with van der Waals surface area (Å²) >= 11 is 0. The average Bonchev–Trinajstić information content (AvgIpc) is 3.17. The molecular formula is C19H33N3O. The van der Waals surface area contributed by atoms with Crippen molar-refractivity contribution in [3.05, 3.63) is 0 Å². The molecule has 2 N–H and O–H groups in total. The first kappa shape index (κ1) is 15.9. The number of hydrogen-bond donors (Lipinski definition) is 1. The standard InChI is InChI=1S/C19H33N3O/c20-18-16-7-6-15(12-16)17(18)19(23)22-10-8-21(9-11-22)13-14-4-2-1-3-5-14/h14-18H,1-13,20H2. The van der Waals surface area contributed by atoms with Crippen LogP contribution in [0.3, 0.4) is 0 Å². The van der Waals surface area contributed by atoms with Crippen LogP contribution in [0.15, 0.2) is 0 Å². The SMILES string of the molecule is NC1C2CCC(C2)C1C(=O)N1CCN(CC2CCCCC2)CC1. The molecule has 0 aromatic carbocycles. The molecule has 0 spiro atoms. The second-order valence-electron chi connectivity index (χ2n) is 8.57. The highest BCUT2D eigenvalue weighted by molar-refractivity contribution is 5.80. The van der Waals surface area contributed by atoms with Gasteiger partial charge in [-0.25, -0.2) is 0 Å². The van der Waals surface area contributed by atoms with Crippen molar-refractivity contribution in [1.82, 2.24) is 9.80 Å². The van der Waals surface area contributed by atoms with Gasteiger partial charge in [0.25, 0.3) is 0 Å². The minimum atomic E-state index is 0.138. The Morgan fingerprint density at radius 2 is 1.61 bits per heavy atom. The number of carbonyl (C=O) groups excluding carboxylic acids is 1. The minimum Gasteiger partial charge on any atom is -0.340 e. The summed E-state index contributed by atoms with van der Waals surface area (Å²) in [5.41, 5.74) is 6.36. The lowest BCUT2D eigenvalue weighted by atomic mass is 9.84. The van der Waals surface area contributed by atoms with Gasteiger partial charge in [0.05, 0.1) is 5.92 Å². The van der Waals surface area contributed by atoms with Gasteiger partial charge in [-0.2, -0.15) is 0 Å². The lowest BCUT2D eigenvalue weighted by Gasteiger charge is -2.39. The van der Waals surface area contributed by atoms with Gasteiger partial charge in [0.1, 0.15) is 0 Å². The van der Waals surface area contributed by atoms with E-state index in [0.29, 0.717) is 17.7 Å². The number of hydrogen-bond acceptors (Lipinski definition) is 3. The molecule has 1 aliphatic heterocycles. The van der Waals surface area contributed by atoms with Crippen molar-refractivity contribution < 1.29 is 4.79 Å². The van der Waals surface area contributed by atoms with Crippen LogP contribution in [0, 0.1) is 23.7 Å². The lowest BCUT2D eigenvalue weighted by Crippen LogP contribution is -2.54. The van der Waals surface area contributed by atoms with Crippen LogP contribution in [0.2, 0.25) is 0 Å². The first-order chi connectivity index (χ1) is 11.2. The molecule has 3 saturated carbocycles. The Morgan fingerprint density at radius 1 is 0.913 bits per heavy atom. The summed E-state index contributed by atoms with van der Waals surface area (Å²) in [6.45, 7) is 5.24. The minimum absolute atomic E-state index is 0.138. The lowest BCUT2D eigenvalue weighted by molar-refractivity contribution is -0.139. The van der Waals surface area contributed by atoms with Gasteiger partial charge in [-0.3, -0.25) is 9.69 Å². The zero-order valence-electron chi connectivity index (χ0n) is 14.5. The molecule has 4 unspecified atom stereocenters. The monoisotopic (exact) mass is 319 g/mol. The molecular weight excluding hydrogens is 286 g/mol. The molecule has 4 nitrogen and oxygen atoms in total. The molecule has 0 aromatic rings. The number of rotatable bonds is 3. The average molecular weight is 319 g/mol. The maximum atomic E-state index is 12.9. The zero-order chi connectivity index (χ0) is 15.8. The van der Waals surface area contributed by atoms with E-state index in [1.165, 1.54) is 57.9 Å². The summed E-state index contributed by atoms with van der Waals surface area (Å²) in [7, 11) is 0. The molecule has 4 atom stereocenters. The smallest absolute Gasteiger partial charge is 0.227 e. The Bertz CT molecular complexity index is 424. The van der Waals surface area contributed by atoms with E-state index < -0.39 is 0 Å². The summed E-state index contributed by atoms with van der Waals surface area (Å²) in [4.78, 5) is 17.7. The van der Waals surface area contributed by atoms with Crippen LogP contribution in [-0.2, 0) is 4.79 Å². The topological polar surface area (TPSA) is 49.6 Å². The van der Waals surface area contributed by atoms with E-state index in [-0.39, 0.29) is 12.0 Å². The molecule has 1 heterocycles. The van der Waals surface area contributed by atoms with Crippen LogP contribution in [0.4, 0.5) is 0 Å². The van der Waals surface area contributed by atoms with Gasteiger partial charge < -0.3 is 10.6 Å². The first-order valence-corrected chi connectivity index (χ1v) is 9.99. The van der Waals surface area contributed by atoms with Crippen LogP contribution >= 0.6 is 0 Å². The largest absolute Gasteiger partial charge is 0.340 e. The van der Waals surface area contributed by atoms with Crippen LogP contribution in [0.5, 0.6) is 0 Å². The normalized spacial score (nSPS) is 39.1. The maximum absolute atomic E-state index is 12.9. The third kappa shape index (κ3) is 3.17. The molecule has 1 saturated heterocycles. The Balaban J connectivity index is 1.27. The van der Waals surface area contributed by atoms with Crippen molar-refractivity contribution in [2.45, 2.75) is 57.4 Å². The fourth-order valence-electron chi connectivity index (χ4n) is 5.80. The number of piperazine rings is 1. The van der Waals surface area contributed by atoms with Crippen LogP contribution in [0.25, 0.3) is 0 Å². The summed E-state index contributed by atoms with van der Waals surface area (Å²) in [6, 6.07) is 0.140. The van der Waals surface area contributed by atoms with Crippen molar-refractivity contribution in [2.24, 2.45) is 29.4 Å². The highest BCUT2D eigenvalue weighted by Crippen LogP contribution is 2.48. The second kappa shape index (κ2) is 6.72. The highest BCUT2D eigenvalue weighted by atomic mass is 16.2. The number of nitrogens with zero attached hydrogens (tertiary/aromatic N) is 2. The number of nitrogens with two attached hydrogens (primary N) is 1. The van der Waals surface area contributed by atoms with Gasteiger partial charge in [0, 0.05) is 38.8 Å². The molecule has 130 valence electrons. The summed E-state index contributed by atoms with van der Waals surface area (Å²) < 4.78 is 0. The third-order valence-electron chi connectivity index (χ3n) is 7.19. The van der Waals surface area contributed by atoms with E-state index in [1.54, 1.807) is 0 Å². The Morgan fingerprint density at radius 3 is 2.26 bits per heavy atom. The van der Waals surface area contributed by atoms with E-state index in [1.807, 2.05) is 0 Å². The molecule has 3 aliphatic carbocycles. The van der Waals surface area contributed by atoms with Crippen LogP contribution in [0.1, 0.15) is 51.4 Å². The van der Waals surface area contributed by atoms with Crippen molar-refractivity contribution >= 4 is 5.91 Å². The predicted molar refractivity (Wildman–Crippen MR) is 91.9 cm³/mol. The number of fused-ring (bicyclic) bond motifs is 2. The van der Waals surface area contributed by atoms with Crippen molar-refractivity contribution in [3.63, 3.8) is 0 Å². The third-order valence-corrected chi connectivity index (χ3v) is 7.19. The maximum Gasteiger partial charge on any atom is 0.227 e. The van der Waals surface area contributed by atoms with Crippen LogP contribution in [-0.4, -0.2) is 54.5 Å². The van der Waals surface area contributed by atoms with E-state index in [2.05, 4.69) is 9.80 Å². The second-order valence-corrected chi connectivity index (χ2v) is 8.57. The predicted octanol–water partition coefficient (Wildman–Crippen LogP) is 2.08. The van der Waals surface area contributed by atoms with Gasteiger partial charge >= 0.3 is 0 Å². The van der Waals surface area contributed by atoms with Gasteiger partial charge in [-0.1, -0.05) is 19.3 Å². The molecule has 4 aliphatic rings. The van der Waals surface area contributed by atoms with E-state index in [9.17, 15) is 4.79 Å². The van der Waals surface area contributed by atoms with Crippen molar-refractivity contribution in [1.29, 1.82) is 0 Å². The van der Waals surface area contributed by atoms with Crippen LogP contribution < -0.4 is 5.73 Å². The van der Waals surface area contributed by atoms with Gasteiger partial charge in [-0.05, 0) is 49.9 Å². The van der Waals surface area contributed by atoms with Crippen molar-refractivity contribution in [3.8, 4) is 0 Å². The molecule has 4 fully saturated rings. The molecule has 0 aromatic heterocycles. The number of carbonyl (C=O) groups is 1. The Labute approximate surface area is 140 Å². The summed E-state index contributed by atoms with van der Waals surface area (Å²) in [5, 5.41) is 0. The van der Waals surface area contributed by atoms with Crippen molar-refractivity contribution in [2.75, 3.05) is 32.7 Å². The van der Waals surface area contributed by atoms with Gasteiger partial charge in [-0.15, -0.1) is 0 Å². The molecule has 4 heteroatoms. The van der Waals surface area contributed by atoms with Gasteiger partial charge in [0.15, 0.2) is 0 Å². The first-order valence-electron chi connectivity index (χ1n) is 9.99. The van der Waals surface area contributed by atoms with E-state index in [4.69, 9.17) is 5.73 Å². The quantitative estimate of drug-likeness (QED) is 0.866. The summed E-state index contributed by atoms with van der Waals surface area (Å²) in [6.07, 6.45) is 10.8. The molecule has 0 radical (unpaired) electrons. The Kier molecular flexibility index (Phi) is 4.64. The number of amides is 1. The highest BCUT2D eigenvalue weighted by Gasteiger charge is 2.50. The molecule has 4 rings (SSSR count). The fourth-order valence-corrected chi connectivity index (χ4v) is 5.80. The molecule has 23 heavy (non-hydrogen) atoms.